The van der Waals surface area contributed by atoms with Crippen LogP contribution in [0.25, 0.3) is 0 Å². The number of anilines is 2. The van der Waals surface area contributed by atoms with Crippen LogP contribution >= 0.6 is 0 Å². The fourth-order valence-corrected chi connectivity index (χ4v) is 2.94. The number of rotatable bonds is 3. The molecule has 0 amide bonds. The van der Waals surface area contributed by atoms with Crippen molar-refractivity contribution < 1.29 is 12.8 Å². The lowest BCUT2D eigenvalue weighted by molar-refractivity contribution is 0.570. The third-order valence-corrected chi connectivity index (χ3v) is 4.28. The summed E-state index contributed by atoms with van der Waals surface area (Å²) in [5.74, 6) is -0.822. The minimum absolute atomic E-state index is 0.232. The smallest absolute Gasteiger partial charge is 0.264 e. The van der Waals surface area contributed by atoms with Crippen molar-refractivity contribution in [1.82, 2.24) is 0 Å². The Morgan fingerprint density at radius 3 is 2.50 bits per heavy atom. The maximum Gasteiger partial charge on any atom is 0.264 e. The van der Waals surface area contributed by atoms with Gasteiger partial charge in [-0.05, 0) is 49.2 Å². The predicted octanol–water partition coefficient (Wildman–Crippen LogP) is 2.83. The summed E-state index contributed by atoms with van der Waals surface area (Å²) in [5, 5.41) is 0. The van der Waals surface area contributed by atoms with Crippen molar-refractivity contribution in [3.63, 3.8) is 0 Å². The molecule has 0 heterocycles. The van der Waals surface area contributed by atoms with E-state index < -0.39 is 20.7 Å². The zero-order valence-corrected chi connectivity index (χ0v) is 12.0. The van der Waals surface area contributed by atoms with E-state index >= 15 is 0 Å². The van der Waals surface area contributed by atoms with Gasteiger partial charge in [0, 0.05) is 11.4 Å². The first-order valence-corrected chi connectivity index (χ1v) is 7.43. The van der Waals surface area contributed by atoms with Crippen LogP contribution in [0.1, 0.15) is 11.1 Å². The SMILES string of the molecule is Cc1cccc(NS(=O)(=O)c2cc(N)c(C)cc2F)c1. The Morgan fingerprint density at radius 2 is 1.85 bits per heavy atom. The van der Waals surface area contributed by atoms with Gasteiger partial charge in [-0.15, -0.1) is 0 Å². The fraction of sp³-hybridized carbons (Fsp3) is 0.143. The molecule has 0 radical (unpaired) electrons. The maximum absolute atomic E-state index is 13.8. The summed E-state index contributed by atoms with van der Waals surface area (Å²) in [5.41, 5.74) is 7.65. The Bertz CT molecular complexity index is 758. The molecule has 0 bridgehead atoms. The van der Waals surface area contributed by atoms with Crippen molar-refractivity contribution in [1.29, 1.82) is 0 Å². The number of aryl methyl sites for hydroxylation is 2. The highest BCUT2D eigenvalue weighted by molar-refractivity contribution is 7.92. The molecule has 0 aliphatic rings. The molecule has 0 saturated heterocycles. The molecule has 0 atom stereocenters. The summed E-state index contributed by atoms with van der Waals surface area (Å²) in [7, 11) is -4.01. The number of hydrogen-bond donors (Lipinski definition) is 2. The van der Waals surface area contributed by atoms with Crippen LogP contribution in [0.2, 0.25) is 0 Å². The third-order valence-electron chi connectivity index (χ3n) is 2.88. The van der Waals surface area contributed by atoms with Gasteiger partial charge in [0.1, 0.15) is 10.7 Å². The standard InChI is InChI=1S/C14H15FN2O2S/c1-9-4-3-5-11(6-9)17-20(18,19)14-8-13(16)10(2)7-12(14)15/h3-8,17H,16H2,1-2H3. The lowest BCUT2D eigenvalue weighted by Crippen LogP contribution is -2.15. The van der Waals surface area contributed by atoms with Gasteiger partial charge in [0.25, 0.3) is 10.0 Å². The van der Waals surface area contributed by atoms with Crippen LogP contribution < -0.4 is 10.5 Å². The molecule has 2 rings (SSSR count). The summed E-state index contributed by atoms with van der Waals surface area (Å²) in [6.45, 7) is 3.45. The van der Waals surface area contributed by atoms with E-state index in [1.165, 1.54) is 0 Å². The minimum atomic E-state index is -4.01. The minimum Gasteiger partial charge on any atom is -0.398 e. The average Bonchev–Trinajstić information content (AvgIpc) is 2.33. The number of sulfonamides is 1. The van der Waals surface area contributed by atoms with Crippen molar-refractivity contribution >= 4 is 21.4 Å². The number of hydrogen-bond acceptors (Lipinski definition) is 3. The van der Waals surface area contributed by atoms with Crippen LogP contribution in [-0.4, -0.2) is 8.42 Å². The molecule has 20 heavy (non-hydrogen) atoms. The number of halogens is 1. The maximum atomic E-state index is 13.8. The molecular formula is C14H15FN2O2S. The Kier molecular flexibility index (Phi) is 3.67. The Morgan fingerprint density at radius 1 is 1.15 bits per heavy atom. The van der Waals surface area contributed by atoms with E-state index in [1.807, 2.05) is 13.0 Å². The van der Waals surface area contributed by atoms with Crippen molar-refractivity contribution in [3.05, 3.63) is 53.3 Å². The monoisotopic (exact) mass is 294 g/mol. The molecule has 106 valence electrons. The second kappa shape index (κ2) is 5.13. The summed E-state index contributed by atoms with van der Waals surface area (Å²) in [6.07, 6.45) is 0. The highest BCUT2D eigenvalue weighted by Crippen LogP contribution is 2.24. The highest BCUT2D eigenvalue weighted by atomic mass is 32.2. The van der Waals surface area contributed by atoms with Gasteiger partial charge in [-0.25, -0.2) is 12.8 Å². The highest BCUT2D eigenvalue weighted by Gasteiger charge is 2.20. The van der Waals surface area contributed by atoms with E-state index in [0.29, 0.717) is 11.3 Å². The Balaban J connectivity index is 2.43. The van der Waals surface area contributed by atoms with Crippen LogP contribution in [-0.2, 0) is 10.0 Å². The second-order valence-electron chi connectivity index (χ2n) is 4.61. The van der Waals surface area contributed by atoms with Crippen LogP contribution in [0, 0.1) is 19.7 Å². The molecule has 4 nitrogen and oxygen atoms in total. The normalized spacial score (nSPS) is 11.3. The van der Waals surface area contributed by atoms with Gasteiger partial charge in [-0.1, -0.05) is 12.1 Å². The van der Waals surface area contributed by atoms with E-state index in [2.05, 4.69) is 4.72 Å². The van der Waals surface area contributed by atoms with Crippen LogP contribution in [0.15, 0.2) is 41.3 Å². The molecule has 3 N–H and O–H groups in total. The van der Waals surface area contributed by atoms with Crippen LogP contribution in [0.3, 0.4) is 0 Å². The van der Waals surface area contributed by atoms with Gasteiger partial charge in [-0.2, -0.15) is 0 Å². The zero-order valence-electron chi connectivity index (χ0n) is 11.1. The molecule has 2 aromatic rings. The van der Waals surface area contributed by atoms with E-state index in [-0.39, 0.29) is 5.69 Å². The Labute approximate surface area is 117 Å². The van der Waals surface area contributed by atoms with Gasteiger partial charge in [0.2, 0.25) is 0 Å². The van der Waals surface area contributed by atoms with Gasteiger partial charge in [0.05, 0.1) is 0 Å². The fourth-order valence-electron chi connectivity index (χ4n) is 1.79. The first-order chi connectivity index (χ1) is 9.29. The molecule has 0 aromatic heterocycles. The number of nitrogen functional groups attached to an aromatic ring is 1. The van der Waals surface area contributed by atoms with Crippen molar-refractivity contribution in [3.8, 4) is 0 Å². The predicted molar refractivity (Wildman–Crippen MR) is 77.5 cm³/mol. The number of nitrogens with two attached hydrogens (primary N) is 1. The lowest BCUT2D eigenvalue weighted by Gasteiger charge is -2.11. The van der Waals surface area contributed by atoms with Crippen molar-refractivity contribution in [2.75, 3.05) is 10.5 Å². The number of nitrogens with one attached hydrogen (secondary N) is 1. The van der Waals surface area contributed by atoms with Gasteiger partial charge in [0.15, 0.2) is 0 Å². The van der Waals surface area contributed by atoms with Gasteiger partial charge >= 0.3 is 0 Å². The average molecular weight is 294 g/mol. The first kappa shape index (κ1) is 14.3. The quantitative estimate of drug-likeness (QED) is 0.855. The van der Waals surface area contributed by atoms with Gasteiger partial charge in [-0.3, -0.25) is 4.72 Å². The zero-order chi connectivity index (χ0) is 14.9. The summed E-state index contributed by atoms with van der Waals surface area (Å²) in [4.78, 5) is -0.456. The summed E-state index contributed by atoms with van der Waals surface area (Å²) >= 11 is 0. The molecule has 0 aliphatic heterocycles. The Hall–Kier alpha value is -2.08. The molecule has 0 saturated carbocycles. The third kappa shape index (κ3) is 2.91. The molecule has 0 spiro atoms. The molecular weight excluding hydrogens is 279 g/mol. The van der Waals surface area contributed by atoms with E-state index in [0.717, 1.165) is 17.7 Å². The molecule has 0 unspecified atom stereocenters. The summed E-state index contributed by atoms with van der Waals surface area (Å²) in [6, 6.07) is 9.05. The van der Waals surface area contributed by atoms with E-state index in [9.17, 15) is 12.8 Å². The largest absolute Gasteiger partial charge is 0.398 e. The topological polar surface area (TPSA) is 72.2 Å². The van der Waals surface area contributed by atoms with Crippen molar-refractivity contribution in [2.24, 2.45) is 0 Å². The van der Waals surface area contributed by atoms with Crippen LogP contribution in [0.5, 0.6) is 0 Å². The van der Waals surface area contributed by atoms with E-state index in [1.54, 1.807) is 25.1 Å². The van der Waals surface area contributed by atoms with Crippen molar-refractivity contribution in [2.45, 2.75) is 18.7 Å². The molecule has 0 aliphatic carbocycles. The molecule has 6 heteroatoms. The van der Waals surface area contributed by atoms with Gasteiger partial charge < -0.3 is 5.73 Å². The lowest BCUT2D eigenvalue weighted by atomic mass is 10.2. The molecule has 0 fully saturated rings. The summed E-state index contributed by atoms with van der Waals surface area (Å²) < 4.78 is 40.6. The van der Waals surface area contributed by atoms with E-state index in [4.69, 9.17) is 5.73 Å². The number of benzene rings is 2. The molecule has 2 aromatic carbocycles. The second-order valence-corrected chi connectivity index (χ2v) is 6.27. The van der Waals surface area contributed by atoms with Crippen LogP contribution in [0.4, 0.5) is 15.8 Å². The first-order valence-electron chi connectivity index (χ1n) is 5.95.